The first-order chi connectivity index (χ1) is 8.76. The molecular weight excluding hydrogens is 292 g/mol. The van der Waals surface area contributed by atoms with Gasteiger partial charge in [0.15, 0.2) is 5.82 Å². The molecule has 0 aliphatic carbocycles. The van der Waals surface area contributed by atoms with Crippen LogP contribution >= 0.6 is 15.9 Å². The molecule has 0 spiro atoms. The van der Waals surface area contributed by atoms with E-state index < -0.39 is 0 Å². The third-order valence-corrected chi connectivity index (χ3v) is 3.42. The molecule has 18 heavy (non-hydrogen) atoms. The predicted octanol–water partition coefficient (Wildman–Crippen LogP) is 3.42. The quantitative estimate of drug-likeness (QED) is 0.812. The van der Waals surface area contributed by atoms with E-state index in [2.05, 4.69) is 25.9 Å². The smallest absolute Gasteiger partial charge is 0.162 e. The summed E-state index contributed by atoms with van der Waals surface area (Å²) in [5.74, 6) is 0.700. The molecule has 0 N–H and O–H groups in total. The summed E-state index contributed by atoms with van der Waals surface area (Å²) in [7, 11) is 1.68. The summed E-state index contributed by atoms with van der Waals surface area (Å²) in [6.45, 7) is 1.99. The summed E-state index contributed by atoms with van der Waals surface area (Å²) >= 11 is 3.42. The Hall–Kier alpha value is -1.26. The van der Waals surface area contributed by atoms with Crippen LogP contribution in [0.25, 0.3) is 0 Å². The molecule has 2 rings (SSSR count). The molecule has 1 heterocycles. The van der Waals surface area contributed by atoms with E-state index in [1.165, 1.54) is 0 Å². The number of methoxy groups -OCH3 is 1. The van der Waals surface area contributed by atoms with Crippen LogP contribution in [-0.2, 0) is 10.1 Å². The van der Waals surface area contributed by atoms with Gasteiger partial charge in [0.05, 0.1) is 0 Å². The van der Waals surface area contributed by atoms with E-state index >= 15 is 0 Å². The molecule has 1 aromatic carbocycles. The van der Waals surface area contributed by atoms with Crippen LogP contribution in [0.15, 0.2) is 36.5 Å². The molecule has 0 aliphatic heterocycles. The summed E-state index contributed by atoms with van der Waals surface area (Å²) in [6, 6.07) is 9.99. The van der Waals surface area contributed by atoms with Crippen LogP contribution in [0.1, 0.15) is 28.7 Å². The van der Waals surface area contributed by atoms with Gasteiger partial charge in [-0.05, 0) is 12.5 Å². The lowest BCUT2D eigenvalue weighted by atomic mass is 10.1. The highest BCUT2D eigenvalue weighted by Gasteiger charge is 2.16. The van der Waals surface area contributed by atoms with Crippen LogP contribution in [0, 0.1) is 6.92 Å². The van der Waals surface area contributed by atoms with Crippen molar-refractivity contribution >= 4 is 15.9 Å². The van der Waals surface area contributed by atoms with Crippen molar-refractivity contribution in [2.24, 2.45) is 0 Å². The van der Waals surface area contributed by atoms with E-state index in [1.54, 1.807) is 7.11 Å². The van der Waals surface area contributed by atoms with Gasteiger partial charge >= 0.3 is 0 Å². The van der Waals surface area contributed by atoms with Gasteiger partial charge in [-0.3, -0.25) is 0 Å². The molecule has 0 aliphatic rings. The zero-order valence-electron chi connectivity index (χ0n) is 10.4. The van der Waals surface area contributed by atoms with Crippen molar-refractivity contribution < 1.29 is 4.74 Å². The zero-order valence-corrected chi connectivity index (χ0v) is 12.0. The van der Waals surface area contributed by atoms with Crippen molar-refractivity contribution in [2.45, 2.75) is 18.4 Å². The fourth-order valence-electron chi connectivity index (χ4n) is 1.79. The molecule has 0 saturated heterocycles. The second-order valence-corrected chi connectivity index (χ2v) is 4.56. The highest BCUT2D eigenvalue weighted by Crippen LogP contribution is 2.23. The first kappa shape index (κ1) is 13.2. The standard InChI is InChI=1S/C14H15BrN2O/c1-10-12(8-15)9-16-14(17-10)13(18-2)11-6-4-3-5-7-11/h3-7,9,13H,8H2,1-2H3. The third kappa shape index (κ3) is 2.76. The second kappa shape index (κ2) is 6.07. The van der Waals surface area contributed by atoms with E-state index in [-0.39, 0.29) is 6.10 Å². The second-order valence-electron chi connectivity index (χ2n) is 4.00. The average molecular weight is 307 g/mol. The van der Waals surface area contributed by atoms with Gasteiger partial charge in [0.25, 0.3) is 0 Å². The fourth-order valence-corrected chi connectivity index (χ4v) is 2.34. The van der Waals surface area contributed by atoms with Crippen molar-refractivity contribution in [3.05, 3.63) is 59.2 Å². The van der Waals surface area contributed by atoms with Crippen molar-refractivity contribution in [1.82, 2.24) is 9.97 Å². The minimum Gasteiger partial charge on any atom is -0.369 e. The Morgan fingerprint density at radius 1 is 1.28 bits per heavy atom. The van der Waals surface area contributed by atoms with Crippen molar-refractivity contribution in [1.29, 1.82) is 0 Å². The minimum atomic E-state index is -0.214. The molecule has 94 valence electrons. The topological polar surface area (TPSA) is 35.0 Å². The predicted molar refractivity (Wildman–Crippen MR) is 74.7 cm³/mol. The van der Waals surface area contributed by atoms with Crippen LogP contribution in [0.4, 0.5) is 0 Å². The molecule has 2 aromatic rings. The Balaban J connectivity index is 2.37. The van der Waals surface area contributed by atoms with Gasteiger partial charge < -0.3 is 4.74 Å². The lowest BCUT2D eigenvalue weighted by molar-refractivity contribution is 0.129. The molecular formula is C14H15BrN2O. The monoisotopic (exact) mass is 306 g/mol. The van der Waals surface area contributed by atoms with Gasteiger partial charge in [0.1, 0.15) is 6.10 Å². The molecule has 0 saturated carbocycles. The number of nitrogens with zero attached hydrogens (tertiary/aromatic N) is 2. The summed E-state index contributed by atoms with van der Waals surface area (Å²) in [5, 5.41) is 0.766. The van der Waals surface area contributed by atoms with Gasteiger partial charge in [-0.1, -0.05) is 46.3 Å². The van der Waals surface area contributed by atoms with Gasteiger partial charge in [0, 0.05) is 29.9 Å². The van der Waals surface area contributed by atoms with E-state index in [9.17, 15) is 0 Å². The van der Waals surface area contributed by atoms with Crippen LogP contribution in [-0.4, -0.2) is 17.1 Å². The lowest BCUT2D eigenvalue weighted by Gasteiger charge is -2.15. The molecule has 0 fully saturated rings. The summed E-state index contributed by atoms with van der Waals surface area (Å²) < 4.78 is 5.51. The Labute approximate surface area is 115 Å². The minimum absolute atomic E-state index is 0.214. The summed E-state index contributed by atoms with van der Waals surface area (Å²) in [6.07, 6.45) is 1.63. The average Bonchev–Trinajstić information content (AvgIpc) is 2.41. The Bertz CT molecular complexity index is 516. The van der Waals surface area contributed by atoms with Gasteiger partial charge in [-0.2, -0.15) is 0 Å². The van der Waals surface area contributed by atoms with E-state index in [0.717, 1.165) is 22.2 Å². The van der Waals surface area contributed by atoms with E-state index in [4.69, 9.17) is 4.74 Å². The number of alkyl halides is 1. The van der Waals surface area contributed by atoms with Crippen LogP contribution < -0.4 is 0 Å². The number of halogens is 1. The molecule has 1 atom stereocenters. The summed E-state index contributed by atoms with van der Waals surface area (Å²) in [4.78, 5) is 8.92. The third-order valence-electron chi connectivity index (χ3n) is 2.82. The normalized spacial score (nSPS) is 12.4. The molecule has 4 heteroatoms. The van der Waals surface area contributed by atoms with Gasteiger partial charge in [-0.25, -0.2) is 9.97 Å². The maximum Gasteiger partial charge on any atom is 0.162 e. The van der Waals surface area contributed by atoms with Gasteiger partial charge in [0.2, 0.25) is 0 Å². The van der Waals surface area contributed by atoms with Crippen LogP contribution in [0.2, 0.25) is 0 Å². The molecule has 1 unspecified atom stereocenters. The lowest BCUT2D eigenvalue weighted by Crippen LogP contribution is -2.10. The van der Waals surface area contributed by atoms with Crippen LogP contribution in [0.3, 0.4) is 0 Å². The first-order valence-corrected chi connectivity index (χ1v) is 6.84. The highest BCUT2D eigenvalue weighted by atomic mass is 79.9. The Kier molecular flexibility index (Phi) is 4.44. The molecule has 0 radical (unpaired) electrons. The number of hydrogen-bond donors (Lipinski definition) is 0. The van der Waals surface area contributed by atoms with E-state index in [0.29, 0.717) is 5.82 Å². The fraction of sp³-hybridized carbons (Fsp3) is 0.286. The molecule has 3 nitrogen and oxygen atoms in total. The molecule has 0 amide bonds. The maximum atomic E-state index is 5.51. The molecule has 1 aromatic heterocycles. The van der Waals surface area contributed by atoms with Crippen LogP contribution in [0.5, 0.6) is 0 Å². The number of ether oxygens (including phenoxy) is 1. The Morgan fingerprint density at radius 3 is 2.56 bits per heavy atom. The number of rotatable bonds is 4. The number of aromatic nitrogens is 2. The number of benzene rings is 1. The van der Waals surface area contributed by atoms with Gasteiger partial charge in [-0.15, -0.1) is 0 Å². The number of hydrogen-bond acceptors (Lipinski definition) is 3. The van der Waals surface area contributed by atoms with Crippen molar-refractivity contribution in [3.63, 3.8) is 0 Å². The SMILES string of the molecule is COC(c1ccccc1)c1ncc(CBr)c(C)n1. The highest BCUT2D eigenvalue weighted by molar-refractivity contribution is 9.08. The summed E-state index contributed by atoms with van der Waals surface area (Å²) in [5.41, 5.74) is 3.14. The largest absolute Gasteiger partial charge is 0.369 e. The van der Waals surface area contributed by atoms with E-state index in [1.807, 2.05) is 43.5 Å². The Morgan fingerprint density at radius 2 is 2.00 bits per heavy atom. The first-order valence-electron chi connectivity index (χ1n) is 5.72. The van der Waals surface area contributed by atoms with Crippen molar-refractivity contribution in [2.75, 3.05) is 7.11 Å². The molecule has 0 bridgehead atoms. The zero-order chi connectivity index (χ0) is 13.0. The van der Waals surface area contributed by atoms with Crippen molar-refractivity contribution in [3.8, 4) is 0 Å². The number of aryl methyl sites for hydroxylation is 1. The maximum absolute atomic E-state index is 5.51.